The molecule has 0 saturated carbocycles. The highest BCUT2D eigenvalue weighted by Crippen LogP contribution is 2.26. The second-order valence-corrected chi connectivity index (χ2v) is 7.94. The summed E-state index contributed by atoms with van der Waals surface area (Å²) in [5.41, 5.74) is 3.95. The van der Waals surface area contributed by atoms with Crippen LogP contribution in [0.1, 0.15) is 29.9 Å². The van der Waals surface area contributed by atoms with Crippen molar-refractivity contribution in [2.45, 2.75) is 32.0 Å². The topological polar surface area (TPSA) is 81.2 Å². The highest BCUT2D eigenvalue weighted by Gasteiger charge is 2.16. The Balaban J connectivity index is 1.35. The summed E-state index contributed by atoms with van der Waals surface area (Å²) in [7, 11) is 0. The van der Waals surface area contributed by atoms with Gasteiger partial charge in [-0.15, -0.1) is 10.2 Å². The predicted octanol–water partition coefficient (Wildman–Crippen LogP) is 5.07. The van der Waals surface area contributed by atoms with E-state index in [4.69, 9.17) is 8.83 Å². The maximum Gasteiger partial charge on any atom is 0.277 e. The zero-order chi connectivity index (χ0) is 20.4. The molecule has 0 saturated heterocycles. The maximum absolute atomic E-state index is 12.3. The van der Waals surface area contributed by atoms with Crippen LogP contribution in [0.4, 0.5) is 0 Å². The third-order valence-corrected chi connectivity index (χ3v) is 5.27. The number of hydrogen-bond donors (Lipinski definition) is 1. The summed E-state index contributed by atoms with van der Waals surface area (Å²) < 4.78 is 11.5. The highest BCUT2D eigenvalue weighted by molar-refractivity contribution is 7.99. The molecule has 4 aromatic rings. The van der Waals surface area contributed by atoms with E-state index in [9.17, 15) is 4.79 Å². The number of nitrogens with zero attached hydrogens (tertiary/aromatic N) is 2. The van der Waals surface area contributed by atoms with E-state index in [2.05, 4.69) is 21.6 Å². The van der Waals surface area contributed by atoms with Gasteiger partial charge in [0.1, 0.15) is 11.3 Å². The number of aryl methyl sites for hydroxylation is 2. The molecule has 0 fully saturated rings. The average molecular weight is 407 g/mol. The summed E-state index contributed by atoms with van der Waals surface area (Å²) in [6.45, 7) is 5.94. The fourth-order valence-corrected chi connectivity index (χ4v) is 3.75. The van der Waals surface area contributed by atoms with Crippen LogP contribution >= 0.6 is 11.8 Å². The average Bonchev–Trinajstić information content (AvgIpc) is 3.32. The largest absolute Gasteiger partial charge is 0.459 e. The third-order valence-electron chi connectivity index (χ3n) is 4.45. The van der Waals surface area contributed by atoms with Crippen LogP contribution in [0.15, 0.2) is 62.6 Å². The van der Waals surface area contributed by atoms with Crippen LogP contribution in [0.2, 0.25) is 0 Å². The van der Waals surface area contributed by atoms with Gasteiger partial charge >= 0.3 is 0 Å². The lowest BCUT2D eigenvalue weighted by molar-refractivity contribution is -0.119. The van der Waals surface area contributed by atoms with Crippen molar-refractivity contribution >= 4 is 28.6 Å². The number of hydrogen-bond acceptors (Lipinski definition) is 6. The molecule has 0 spiro atoms. The van der Waals surface area contributed by atoms with Crippen LogP contribution in [0, 0.1) is 13.8 Å². The molecule has 0 radical (unpaired) electrons. The summed E-state index contributed by atoms with van der Waals surface area (Å²) >= 11 is 1.21. The molecule has 29 heavy (non-hydrogen) atoms. The van der Waals surface area contributed by atoms with E-state index >= 15 is 0 Å². The number of thioether (sulfide) groups is 1. The minimum Gasteiger partial charge on any atom is -0.459 e. The molecular weight excluding hydrogens is 386 g/mol. The van der Waals surface area contributed by atoms with Gasteiger partial charge in [0, 0.05) is 10.9 Å². The number of furan rings is 1. The van der Waals surface area contributed by atoms with Crippen LogP contribution < -0.4 is 5.32 Å². The number of fused-ring (bicyclic) bond motifs is 1. The van der Waals surface area contributed by atoms with Gasteiger partial charge in [-0.2, -0.15) is 0 Å². The third kappa shape index (κ3) is 4.51. The monoisotopic (exact) mass is 407 g/mol. The number of rotatable bonds is 6. The zero-order valence-corrected chi connectivity index (χ0v) is 17.2. The van der Waals surface area contributed by atoms with Gasteiger partial charge in [-0.3, -0.25) is 4.79 Å². The van der Waals surface area contributed by atoms with Gasteiger partial charge in [-0.05, 0) is 45.0 Å². The van der Waals surface area contributed by atoms with E-state index in [0.29, 0.717) is 11.1 Å². The fourth-order valence-electron chi connectivity index (χ4n) is 3.18. The molecule has 2 aromatic heterocycles. The van der Waals surface area contributed by atoms with Crippen molar-refractivity contribution in [1.29, 1.82) is 0 Å². The molecule has 2 aromatic carbocycles. The second kappa shape index (κ2) is 8.13. The Morgan fingerprint density at radius 2 is 1.83 bits per heavy atom. The molecule has 0 aliphatic heterocycles. The Morgan fingerprint density at radius 3 is 2.59 bits per heavy atom. The molecule has 148 valence electrons. The lowest BCUT2D eigenvalue weighted by Gasteiger charge is -2.10. The molecule has 1 N–H and O–H groups in total. The van der Waals surface area contributed by atoms with Crippen molar-refractivity contribution in [2.75, 3.05) is 5.75 Å². The lowest BCUT2D eigenvalue weighted by atomic mass is 10.1. The molecule has 0 bridgehead atoms. The number of aromatic nitrogens is 2. The minimum atomic E-state index is -0.232. The number of para-hydroxylation sites is 1. The number of nitrogens with one attached hydrogen (secondary N) is 1. The Kier molecular flexibility index (Phi) is 5.40. The van der Waals surface area contributed by atoms with Crippen molar-refractivity contribution in [3.63, 3.8) is 0 Å². The van der Waals surface area contributed by atoms with Gasteiger partial charge in [-0.1, -0.05) is 47.2 Å². The fraction of sp³-hybridized carbons (Fsp3) is 0.227. The number of amides is 1. The Morgan fingerprint density at radius 1 is 1.07 bits per heavy atom. The predicted molar refractivity (Wildman–Crippen MR) is 113 cm³/mol. The molecule has 4 rings (SSSR count). The van der Waals surface area contributed by atoms with Gasteiger partial charge in [0.2, 0.25) is 11.8 Å². The van der Waals surface area contributed by atoms with Crippen molar-refractivity contribution in [3.8, 4) is 11.5 Å². The van der Waals surface area contributed by atoms with Gasteiger partial charge in [0.15, 0.2) is 0 Å². The normalized spacial score (nSPS) is 12.2. The first-order valence-corrected chi connectivity index (χ1v) is 10.3. The molecule has 0 aliphatic carbocycles. The molecule has 7 heteroatoms. The first-order chi connectivity index (χ1) is 14.0. The molecule has 0 unspecified atom stereocenters. The van der Waals surface area contributed by atoms with Crippen LogP contribution in [-0.2, 0) is 4.79 Å². The van der Waals surface area contributed by atoms with Crippen LogP contribution in [0.3, 0.4) is 0 Å². The number of carbonyl (C=O) groups excluding carboxylic acids is 1. The molecule has 2 heterocycles. The Hall–Kier alpha value is -3.06. The minimum absolute atomic E-state index is 0.130. The number of carbonyl (C=O) groups is 1. The molecule has 0 aliphatic rings. The van der Waals surface area contributed by atoms with E-state index in [1.165, 1.54) is 11.8 Å². The molecular formula is C22H21N3O3S. The molecule has 1 atom stereocenters. The summed E-state index contributed by atoms with van der Waals surface area (Å²) in [5, 5.41) is 12.5. The van der Waals surface area contributed by atoms with E-state index in [1.54, 1.807) is 0 Å². The maximum atomic E-state index is 12.3. The van der Waals surface area contributed by atoms with Crippen LogP contribution in [-0.4, -0.2) is 21.9 Å². The summed E-state index contributed by atoms with van der Waals surface area (Å²) in [4.78, 5) is 12.3. The zero-order valence-electron chi connectivity index (χ0n) is 16.4. The van der Waals surface area contributed by atoms with E-state index in [1.807, 2.05) is 63.2 Å². The summed E-state index contributed by atoms with van der Waals surface area (Å²) in [5.74, 6) is 1.22. The van der Waals surface area contributed by atoms with Gasteiger partial charge in [-0.25, -0.2) is 0 Å². The van der Waals surface area contributed by atoms with Crippen molar-refractivity contribution in [2.24, 2.45) is 0 Å². The van der Waals surface area contributed by atoms with Crippen molar-refractivity contribution in [1.82, 2.24) is 15.5 Å². The first-order valence-electron chi connectivity index (χ1n) is 9.31. The van der Waals surface area contributed by atoms with Gasteiger partial charge in [0.25, 0.3) is 5.22 Å². The molecule has 1 amide bonds. The highest BCUT2D eigenvalue weighted by atomic mass is 32.2. The SMILES string of the molecule is Cc1cc(C)cc(-c2nnc(SCC(=O)N[C@@H](C)c3cc4ccccc4o3)o2)c1. The quantitative estimate of drug-likeness (QED) is 0.450. The van der Waals surface area contributed by atoms with E-state index < -0.39 is 0 Å². The van der Waals surface area contributed by atoms with E-state index in [-0.39, 0.29) is 17.7 Å². The van der Waals surface area contributed by atoms with E-state index in [0.717, 1.165) is 33.4 Å². The Bertz CT molecular complexity index is 1110. The van der Waals surface area contributed by atoms with Gasteiger partial charge in [0.05, 0.1) is 11.8 Å². The molecule has 6 nitrogen and oxygen atoms in total. The lowest BCUT2D eigenvalue weighted by Crippen LogP contribution is -2.27. The second-order valence-electron chi connectivity index (χ2n) is 7.01. The Labute approximate surface area is 172 Å². The summed E-state index contributed by atoms with van der Waals surface area (Å²) in [6.07, 6.45) is 0. The van der Waals surface area contributed by atoms with Crippen LogP contribution in [0.5, 0.6) is 0 Å². The smallest absolute Gasteiger partial charge is 0.277 e. The number of benzene rings is 2. The standard InChI is InChI=1S/C22H21N3O3S/c1-13-8-14(2)10-17(9-13)21-24-25-22(28-21)29-12-20(26)23-15(3)19-11-16-6-4-5-7-18(16)27-19/h4-11,15H,12H2,1-3H3,(H,23,26)/t15-/m0/s1. The van der Waals surface area contributed by atoms with Gasteiger partial charge < -0.3 is 14.2 Å². The summed E-state index contributed by atoms with van der Waals surface area (Å²) in [6, 6.07) is 15.6. The van der Waals surface area contributed by atoms with Crippen LogP contribution in [0.25, 0.3) is 22.4 Å². The van der Waals surface area contributed by atoms with Crippen molar-refractivity contribution < 1.29 is 13.6 Å². The van der Waals surface area contributed by atoms with Crippen molar-refractivity contribution in [3.05, 3.63) is 65.4 Å². The first kappa shape index (κ1) is 19.3.